The van der Waals surface area contributed by atoms with Gasteiger partial charge in [-0.3, -0.25) is 4.79 Å². The van der Waals surface area contributed by atoms with Crippen LogP contribution in [0.2, 0.25) is 0 Å². The number of sulfone groups is 1. The van der Waals surface area contributed by atoms with Crippen LogP contribution in [0.25, 0.3) is 0 Å². The second-order valence-corrected chi connectivity index (χ2v) is 8.05. The maximum atomic E-state index is 13.6. The molecule has 1 unspecified atom stereocenters. The number of amides is 1. The van der Waals surface area contributed by atoms with Crippen molar-refractivity contribution in [2.45, 2.75) is 23.8 Å². The highest BCUT2D eigenvalue weighted by atomic mass is 32.2. The predicted molar refractivity (Wildman–Crippen MR) is 91.8 cm³/mol. The second-order valence-electron chi connectivity index (χ2n) is 6.02. The highest BCUT2D eigenvalue weighted by Crippen LogP contribution is 2.21. The second kappa shape index (κ2) is 7.51. The van der Waals surface area contributed by atoms with Crippen molar-refractivity contribution in [3.63, 3.8) is 0 Å². The monoisotopic (exact) mass is 381 g/mol. The van der Waals surface area contributed by atoms with E-state index in [9.17, 15) is 22.0 Å². The molecule has 1 aliphatic rings. The number of carbonyl (C=O) groups excluding carboxylic acids is 1. The fourth-order valence-corrected chi connectivity index (χ4v) is 4.23. The lowest BCUT2D eigenvalue weighted by atomic mass is 10.2. The summed E-state index contributed by atoms with van der Waals surface area (Å²) in [4.78, 5) is 12.2. The third-order valence-corrected chi connectivity index (χ3v) is 5.87. The van der Waals surface area contributed by atoms with Gasteiger partial charge in [-0.15, -0.1) is 0 Å². The van der Waals surface area contributed by atoms with Crippen molar-refractivity contribution in [3.05, 3.63) is 59.7 Å². The van der Waals surface area contributed by atoms with Gasteiger partial charge in [0.15, 0.2) is 9.84 Å². The molecule has 0 bridgehead atoms. The first-order valence-electron chi connectivity index (χ1n) is 8.06. The number of nitrogens with one attached hydrogen (secondary N) is 1. The molecule has 1 amide bonds. The van der Waals surface area contributed by atoms with Crippen LogP contribution in [0.5, 0.6) is 0 Å². The smallest absolute Gasteiger partial charge is 0.258 e. The molecule has 0 aromatic heterocycles. The van der Waals surface area contributed by atoms with Crippen LogP contribution in [-0.4, -0.2) is 32.8 Å². The quantitative estimate of drug-likeness (QED) is 0.864. The molecule has 26 heavy (non-hydrogen) atoms. The molecule has 1 aliphatic heterocycles. The van der Waals surface area contributed by atoms with Crippen molar-refractivity contribution in [2.75, 3.05) is 17.7 Å². The Bertz CT molecular complexity index is 907. The van der Waals surface area contributed by atoms with Crippen molar-refractivity contribution in [2.24, 2.45) is 0 Å². The summed E-state index contributed by atoms with van der Waals surface area (Å²) in [5.41, 5.74) is -0.158. The Balaban J connectivity index is 1.71. The molecule has 8 heteroatoms. The van der Waals surface area contributed by atoms with Gasteiger partial charge in [-0.2, -0.15) is 0 Å². The van der Waals surface area contributed by atoms with Gasteiger partial charge in [-0.05, 0) is 55.3 Å². The highest BCUT2D eigenvalue weighted by Gasteiger charge is 2.24. The SMILES string of the molecule is O=C(Nc1ccc(S(=O)(=O)CC2CCCO2)cc1)c1cc(F)ccc1F. The van der Waals surface area contributed by atoms with Gasteiger partial charge < -0.3 is 10.1 Å². The third kappa shape index (κ3) is 4.25. The Morgan fingerprint density at radius 1 is 1.15 bits per heavy atom. The summed E-state index contributed by atoms with van der Waals surface area (Å²) in [5.74, 6) is -2.49. The Morgan fingerprint density at radius 2 is 1.88 bits per heavy atom. The predicted octanol–water partition coefficient (Wildman–Crippen LogP) is 3.17. The van der Waals surface area contributed by atoms with E-state index >= 15 is 0 Å². The molecule has 1 heterocycles. The molecule has 2 aromatic rings. The topological polar surface area (TPSA) is 72.5 Å². The highest BCUT2D eigenvalue weighted by molar-refractivity contribution is 7.91. The summed E-state index contributed by atoms with van der Waals surface area (Å²) in [6.07, 6.45) is 1.27. The molecular formula is C18H17F2NO4S. The molecule has 1 saturated heterocycles. The number of anilines is 1. The standard InChI is InChI=1S/C18H17F2NO4S/c19-12-3-8-17(20)16(10-12)18(22)21-13-4-6-15(7-5-13)26(23,24)11-14-2-1-9-25-14/h3-8,10,14H,1-2,9,11H2,(H,21,22). The van der Waals surface area contributed by atoms with Crippen LogP contribution in [0.15, 0.2) is 47.4 Å². The number of rotatable bonds is 5. The Morgan fingerprint density at radius 3 is 2.54 bits per heavy atom. The van der Waals surface area contributed by atoms with Crippen LogP contribution in [-0.2, 0) is 14.6 Å². The van der Waals surface area contributed by atoms with E-state index in [1.165, 1.54) is 24.3 Å². The Hall–Kier alpha value is -2.32. The number of carbonyl (C=O) groups is 1. The summed E-state index contributed by atoms with van der Waals surface area (Å²) >= 11 is 0. The Kier molecular flexibility index (Phi) is 5.33. The van der Waals surface area contributed by atoms with E-state index < -0.39 is 32.9 Å². The van der Waals surface area contributed by atoms with Crippen molar-refractivity contribution in [3.8, 4) is 0 Å². The molecule has 5 nitrogen and oxygen atoms in total. The molecule has 0 aliphatic carbocycles. The number of hydrogen-bond acceptors (Lipinski definition) is 4. The maximum absolute atomic E-state index is 13.6. The summed E-state index contributed by atoms with van der Waals surface area (Å²) in [5, 5.41) is 2.41. The molecule has 0 radical (unpaired) electrons. The van der Waals surface area contributed by atoms with E-state index in [1.807, 2.05) is 0 Å². The Labute approximate surface area is 149 Å². The lowest BCUT2D eigenvalue weighted by Gasteiger charge is -2.11. The van der Waals surface area contributed by atoms with Gasteiger partial charge in [-0.25, -0.2) is 17.2 Å². The summed E-state index contributed by atoms with van der Waals surface area (Å²) < 4.78 is 56.9. The van der Waals surface area contributed by atoms with Crippen LogP contribution in [0.1, 0.15) is 23.2 Å². The lowest BCUT2D eigenvalue weighted by molar-refractivity contribution is 0.102. The number of ether oxygens (including phenoxy) is 1. The van der Waals surface area contributed by atoms with E-state index in [1.54, 1.807) is 0 Å². The number of benzene rings is 2. The third-order valence-electron chi connectivity index (χ3n) is 4.07. The fraction of sp³-hybridized carbons (Fsp3) is 0.278. The zero-order valence-electron chi connectivity index (χ0n) is 13.7. The first-order valence-corrected chi connectivity index (χ1v) is 9.71. The van der Waals surface area contributed by atoms with Gasteiger partial charge >= 0.3 is 0 Å². The molecule has 3 rings (SSSR count). The number of hydrogen-bond donors (Lipinski definition) is 1. The van der Waals surface area contributed by atoms with E-state index in [2.05, 4.69) is 5.32 Å². The normalized spacial score (nSPS) is 17.2. The largest absolute Gasteiger partial charge is 0.377 e. The van der Waals surface area contributed by atoms with E-state index in [0.29, 0.717) is 13.0 Å². The zero-order valence-corrected chi connectivity index (χ0v) is 14.6. The van der Waals surface area contributed by atoms with E-state index in [-0.39, 0.29) is 22.4 Å². The summed E-state index contributed by atoms with van der Waals surface area (Å²) in [6.45, 7) is 0.571. The molecular weight excluding hydrogens is 364 g/mol. The molecule has 1 N–H and O–H groups in total. The van der Waals surface area contributed by atoms with E-state index in [0.717, 1.165) is 24.6 Å². The van der Waals surface area contributed by atoms with Gasteiger partial charge in [0.1, 0.15) is 11.6 Å². The molecule has 138 valence electrons. The first kappa shape index (κ1) is 18.5. The molecule has 2 aromatic carbocycles. The van der Waals surface area contributed by atoms with Gasteiger partial charge in [0.2, 0.25) is 0 Å². The average molecular weight is 381 g/mol. The van der Waals surface area contributed by atoms with Gasteiger partial charge in [0.05, 0.1) is 22.3 Å². The maximum Gasteiger partial charge on any atom is 0.258 e. The molecule has 1 atom stereocenters. The van der Waals surface area contributed by atoms with Crippen LogP contribution in [0, 0.1) is 11.6 Å². The minimum Gasteiger partial charge on any atom is -0.377 e. The molecule has 0 saturated carbocycles. The summed E-state index contributed by atoms with van der Waals surface area (Å²) in [7, 11) is -3.50. The van der Waals surface area contributed by atoms with Crippen LogP contribution in [0.4, 0.5) is 14.5 Å². The van der Waals surface area contributed by atoms with Crippen molar-refractivity contribution >= 4 is 21.4 Å². The van der Waals surface area contributed by atoms with Crippen molar-refractivity contribution < 1.29 is 26.7 Å². The van der Waals surface area contributed by atoms with Crippen molar-refractivity contribution in [1.29, 1.82) is 0 Å². The summed E-state index contributed by atoms with van der Waals surface area (Å²) in [6, 6.07) is 8.11. The average Bonchev–Trinajstić information content (AvgIpc) is 3.09. The van der Waals surface area contributed by atoms with Crippen LogP contribution >= 0.6 is 0 Å². The lowest BCUT2D eigenvalue weighted by Crippen LogP contribution is -2.20. The molecule has 1 fully saturated rings. The fourth-order valence-electron chi connectivity index (χ4n) is 2.73. The van der Waals surface area contributed by atoms with Gasteiger partial charge in [0.25, 0.3) is 5.91 Å². The van der Waals surface area contributed by atoms with Crippen molar-refractivity contribution in [1.82, 2.24) is 0 Å². The molecule has 0 spiro atoms. The first-order chi connectivity index (χ1) is 12.3. The minimum absolute atomic E-state index is 0.0901. The van der Waals surface area contributed by atoms with E-state index in [4.69, 9.17) is 4.74 Å². The van der Waals surface area contributed by atoms with Crippen LogP contribution < -0.4 is 5.32 Å². The zero-order chi connectivity index (χ0) is 18.7. The van der Waals surface area contributed by atoms with Gasteiger partial charge in [0, 0.05) is 12.3 Å². The number of halogens is 2. The van der Waals surface area contributed by atoms with Crippen LogP contribution in [0.3, 0.4) is 0 Å². The van der Waals surface area contributed by atoms with Gasteiger partial charge in [-0.1, -0.05) is 0 Å². The minimum atomic E-state index is -3.50.